The Balaban J connectivity index is 1.79. The van der Waals surface area contributed by atoms with E-state index in [2.05, 4.69) is 9.97 Å². The number of imidazole rings is 1. The Hall–Kier alpha value is -2.74. The first kappa shape index (κ1) is 19.0. The van der Waals surface area contributed by atoms with E-state index in [0.717, 1.165) is 34.3 Å². The van der Waals surface area contributed by atoms with Crippen LogP contribution in [0.2, 0.25) is 0 Å². The van der Waals surface area contributed by atoms with Gasteiger partial charge < -0.3 is 10.3 Å². The van der Waals surface area contributed by atoms with Crippen molar-refractivity contribution in [2.24, 2.45) is 0 Å². The standard InChI is InChI=1S/C19H16F3N3OS/c20-19(21,22)12-23-15(26)11-27-18-24-16(13-7-3-1-4-8-13)17(25-18)14-9-5-2-6-10-14/h1-10H,11-12H2,(H,23,26)(H,24,25). The molecule has 0 bridgehead atoms. The van der Waals surface area contributed by atoms with Crippen molar-refractivity contribution in [3.63, 3.8) is 0 Å². The molecule has 27 heavy (non-hydrogen) atoms. The third kappa shape index (κ3) is 5.37. The summed E-state index contributed by atoms with van der Waals surface area (Å²) < 4.78 is 36.5. The molecule has 1 aromatic heterocycles. The molecule has 0 aliphatic rings. The minimum Gasteiger partial charge on any atom is -0.346 e. The van der Waals surface area contributed by atoms with Crippen LogP contribution in [0, 0.1) is 0 Å². The molecule has 8 heteroatoms. The van der Waals surface area contributed by atoms with Gasteiger partial charge >= 0.3 is 6.18 Å². The van der Waals surface area contributed by atoms with Gasteiger partial charge in [0, 0.05) is 11.1 Å². The number of thioether (sulfide) groups is 1. The zero-order valence-corrected chi connectivity index (χ0v) is 14.9. The molecular formula is C19H16F3N3OS. The second kappa shape index (κ2) is 8.30. The molecule has 0 saturated heterocycles. The highest BCUT2D eigenvalue weighted by Gasteiger charge is 2.27. The van der Waals surface area contributed by atoms with Crippen molar-refractivity contribution in [3.05, 3.63) is 60.7 Å². The highest BCUT2D eigenvalue weighted by Crippen LogP contribution is 2.32. The van der Waals surface area contributed by atoms with Gasteiger partial charge in [-0.3, -0.25) is 4.79 Å². The van der Waals surface area contributed by atoms with E-state index >= 15 is 0 Å². The summed E-state index contributed by atoms with van der Waals surface area (Å²) in [5.41, 5.74) is 3.35. The van der Waals surface area contributed by atoms with E-state index in [-0.39, 0.29) is 5.75 Å². The third-order valence-corrected chi connectivity index (χ3v) is 4.49. The van der Waals surface area contributed by atoms with Crippen molar-refractivity contribution in [1.29, 1.82) is 0 Å². The number of halogens is 3. The average Bonchev–Trinajstić information content (AvgIpc) is 3.10. The fourth-order valence-corrected chi connectivity index (χ4v) is 3.12. The number of nitrogens with one attached hydrogen (secondary N) is 2. The third-order valence-electron chi connectivity index (χ3n) is 3.62. The summed E-state index contributed by atoms with van der Waals surface area (Å²) >= 11 is 1.06. The summed E-state index contributed by atoms with van der Waals surface area (Å²) in [4.78, 5) is 19.3. The number of hydrogen-bond acceptors (Lipinski definition) is 3. The predicted molar refractivity (Wildman–Crippen MR) is 99.2 cm³/mol. The molecule has 0 aliphatic heterocycles. The maximum absolute atomic E-state index is 12.2. The number of H-pyrrole nitrogens is 1. The summed E-state index contributed by atoms with van der Waals surface area (Å²) in [5, 5.41) is 2.32. The number of rotatable bonds is 6. The Morgan fingerprint density at radius 1 is 1.00 bits per heavy atom. The van der Waals surface area contributed by atoms with Crippen molar-refractivity contribution in [3.8, 4) is 22.5 Å². The van der Waals surface area contributed by atoms with Crippen LogP contribution in [0.25, 0.3) is 22.5 Å². The summed E-state index contributed by atoms with van der Waals surface area (Å²) in [6.45, 7) is -1.34. The lowest BCUT2D eigenvalue weighted by Crippen LogP contribution is -2.34. The van der Waals surface area contributed by atoms with Crippen molar-refractivity contribution < 1.29 is 18.0 Å². The first-order valence-electron chi connectivity index (χ1n) is 8.09. The van der Waals surface area contributed by atoms with Gasteiger partial charge in [0.15, 0.2) is 5.16 Å². The highest BCUT2D eigenvalue weighted by atomic mass is 32.2. The Bertz CT molecular complexity index is 839. The largest absolute Gasteiger partial charge is 0.405 e. The van der Waals surface area contributed by atoms with Crippen LogP contribution in [0.1, 0.15) is 0 Å². The van der Waals surface area contributed by atoms with E-state index in [0.29, 0.717) is 5.16 Å². The molecule has 3 rings (SSSR count). The molecule has 2 aromatic carbocycles. The van der Waals surface area contributed by atoms with E-state index in [9.17, 15) is 18.0 Å². The second-order valence-electron chi connectivity index (χ2n) is 5.68. The van der Waals surface area contributed by atoms with Crippen molar-refractivity contribution in [1.82, 2.24) is 15.3 Å². The minimum absolute atomic E-state index is 0.161. The molecule has 2 N–H and O–H groups in total. The van der Waals surface area contributed by atoms with Crippen molar-refractivity contribution in [2.45, 2.75) is 11.3 Å². The Morgan fingerprint density at radius 2 is 1.59 bits per heavy atom. The lowest BCUT2D eigenvalue weighted by atomic mass is 10.1. The summed E-state index contributed by atoms with van der Waals surface area (Å²) in [6, 6.07) is 19.1. The molecule has 0 radical (unpaired) electrons. The zero-order valence-electron chi connectivity index (χ0n) is 14.1. The predicted octanol–water partition coefficient (Wildman–Crippen LogP) is 4.51. The molecule has 1 amide bonds. The number of aromatic nitrogens is 2. The van der Waals surface area contributed by atoms with Gasteiger partial charge in [0.2, 0.25) is 5.91 Å². The number of aromatic amines is 1. The van der Waals surface area contributed by atoms with Crippen LogP contribution in [0.15, 0.2) is 65.8 Å². The SMILES string of the molecule is O=C(CSc1nc(-c2ccccc2)c(-c2ccccc2)[nH]1)NCC(F)(F)F. The fraction of sp³-hybridized carbons (Fsp3) is 0.158. The quantitative estimate of drug-likeness (QED) is 0.608. The molecule has 3 aromatic rings. The van der Waals surface area contributed by atoms with Gasteiger partial charge in [0.1, 0.15) is 6.54 Å². The second-order valence-corrected chi connectivity index (χ2v) is 6.64. The number of alkyl halides is 3. The van der Waals surface area contributed by atoms with E-state index in [1.165, 1.54) is 0 Å². The van der Waals surface area contributed by atoms with Crippen LogP contribution in [0.4, 0.5) is 13.2 Å². The van der Waals surface area contributed by atoms with Crippen LogP contribution < -0.4 is 5.32 Å². The lowest BCUT2D eigenvalue weighted by Gasteiger charge is -2.07. The smallest absolute Gasteiger partial charge is 0.346 e. The topological polar surface area (TPSA) is 57.8 Å². The molecule has 0 atom stereocenters. The van der Waals surface area contributed by atoms with Gasteiger partial charge in [0.25, 0.3) is 0 Å². The Morgan fingerprint density at radius 3 is 2.19 bits per heavy atom. The Labute approximate surface area is 158 Å². The van der Waals surface area contributed by atoms with Crippen LogP contribution in [0.5, 0.6) is 0 Å². The van der Waals surface area contributed by atoms with Gasteiger partial charge in [0.05, 0.1) is 17.1 Å². The summed E-state index contributed by atoms with van der Waals surface area (Å²) in [7, 11) is 0. The maximum Gasteiger partial charge on any atom is 0.405 e. The van der Waals surface area contributed by atoms with E-state index in [1.807, 2.05) is 66.0 Å². The van der Waals surface area contributed by atoms with E-state index in [4.69, 9.17) is 0 Å². The van der Waals surface area contributed by atoms with Gasteiger partial charge in [-0.1, -0.05) is 72.4 Å². The minimum atomic E-state index is -4.42. The normalized spacial score (nSPS) is 11.4. The summed E-state index contributed by atoms with van der Waals surface area (Å²) in [5.74, 6) is -0.859. The number of hydrogen-bond donors (Lipinski definition) is 2. The molecule has 0 aliphatic carbocycles. The number of nitrogens with zero attached hydrogens (tertiary/aromatic N) is 1. The Kier molecular flexibility index (Phi) is 5.85. The average molecular weight is 391 g/mol. The number of benzene rings is 2. The first-order chi connectivity index (χ1) is 12.9. The maximum atomic E-state index is 12.2. The summed E-state index contributed by atoms with van der Waals surface area (Å²) in [6.07, 6.45) is -4.42. The molecule has 140 valence electrons. The lowest BCUT2D eigenvalue weighted by molar-refractivity contribution is -0.136. The molecule has 0 spiro atoms. The van der Waals surface area contributed by atoms with Crippen molar-refractivity contribution >= 4 is 17.7 Å². The van der Waals surface area contributed by atoms with Gasteiger partial charge in [-0.25, -0.2) is 4.98 Å². The van der Waals surface area contributed by atoms with Crippen molar-refractivity contribution in [2.75, 3.05) is 12.3 Å². The van der Waals surface area contributed by atoms with E-state index < -0.39 is 18.6 Å². The van der Waals surface area contributed by atoms with Crippen LogP contribution in [-0.4, -0.2) is 34.3 Å². The molecule has 4 nitrogen and oxygen atoms in total. The molecule has 0 unspecified atom stereocenters. The molecule has 0 fully saturated rings. The highest BCUT2D eigenvalue weighted by molar-refractivity contribution is 7.99. The number of carbonyl (C=O) groups excluding carboxylic acids is 1. The van der Waals surface area contributed by atoms with Crippen LogP contribution in [-0.2, 0) is 4.79 Å². The molecule has 0 saturated carbocycles. The number of amides is 1. The zero-order chi connectivity index (χ0) is 19.3. The fourth-order valence-electron chi connectivity index (χ4n) is 2.42. The monoisotopic (exact) mass is 391 g/mol. The van der Waals surface area contributed by atoms with Gasteiger partial charge in [-0.05, 0) is 0 Å². The molecule has 1 heterocycles. The number of carbonyl (C=O) groups is 1. The van der Waals surface area contributed by atoms with Gasteiger partial charge in [-0.2, -0.15) is 13.2 Å². The van der Waals surface area contributed by atoms with E-state index in [1.54, 1.807) is 0 Å². The van der Waals surface area contributed by atoms with Crippen LogP contribution >= 0.6 is 11.8 Å². The first-order valence-corrected chi connectivity index (χ1v) is 9.08. The molecular weight excluding hydrogens is 375 g/mol. The van der Waals surface area contributed by atoms with Crippen LogP contribution in [0.3, 0.4) is 0 Å². The van der Waals surface area contributed by atoms with Gasteiger partial charge in [-0.15, -0.1) is 0 Å².